The van der Waals surface area contributed by atoms with Gasteiger partial charge in [0.2, 0.25) is 0 Å². The summed E-state index contributed by atoms with van der Waals surface area (Å²) < 4.78 is 17.6. The van der Waals surface area contributed by atoms with Crippen LogP contribution in [0.3, 0.4) is 0 Å². The third-order valence-electron chi connectivity index (χ3n) is 8.40. The number of hydrogen-bond acceptors (Lipinski definition) is 3. The molecule has 0 atom stereocenters. The van der Waals surface area contributed by atoms with Crippen molar-refractivity contribution in [2.24, 2.45) is 0 Å². The second-order valence-corrected chi connectivity index (χ2v) is 18.8. The number of hydrogen-bond donors (Lipinski definition) is 0. The maximum atomic E-state index is 15.7. The van der Waals surface area contributed by atoms with E-state index in [1.165, 1.54) is 10.8 Å². The number of pyridine rings is 2. The standard InChI is InChI=1S/C27H15FNS.C15H18NSi.Ir/c28-27-21(23-14-18-8-4-5-9-20(18)16-29-23)12-13-24-26(27)22-11-10-19(15-25(22)30-24)17-6-2-1-3-7-17;1-12-10-14(13-8-6-5-7-9-13)16-11-15(12)17(2,3)4;/h1-11,13-16H;5-8,10-11H,1-4H3;/q2*-1;. The summed E-state index contributed by atoms with van der Waals surface area (Å²) in [6.07, 6.45) is 3.84. The van der Waals surface area contributed by atoms with Gasteiger partial charge in [0.1, 0.15) is 0 Å². The first kappa shape index (κ1) is 33.6. The molecule has 8 rings (SSSR count). The largest absolute Gasteiger partial charge is 0.305 e. The van der Waals surface area contributed by atoms with Crippen LogP contribution < -0.4 is 5.19 Å². The van der Waals surface area contributed by atoms with Crippen molar-refractivity contribution < 1.29 is 24.5 Å². The minimum Gasteiger partial charge on any atom is -0.305 e. The summed E-state index contributed by atoms with van der Waals surface area (Å²) in [5, 5.41) is 5.11. The molecule has 0 saturated heterocycles. The van der Waals surface area contributed by atoms with E-state index in [-0.39, 0.29) is 25.9 Å². The van der Waals surface area contributed by atoms with Gasteiger partial charge in [0.25, 0.3) is 0 Å². The number of halogens is 1. The number of aryl methyl sites for hydroxylation is 1. The van der Waals surface area contributed by atoms with Crippen molar-refractivity contribution in [1.29, 1.82) is 0 Å². The Hall–Kier alpha value is -4.32. The fourth-order valence-electron chi connectivity index (χ4n) is 6.03. The van der Waals surface area contributed by atoms with Gasteiger partial charge in [-0.05, 0) is 66.9 Å². The van der Waals surface area contributed by atoms with Gasteiger partial charge >= 0.3 is 0 Å². The van der Waals surface area contributed by atoms with E-state index in [1.54, 1.807) is 17.5 Å². The molecular formula is C42H33FIrN2SSi-2. The number of rotatable bonds is 4. The summed E-state index contributed by atoms with van der Waals surface area (Å²) in [5.41, 5.74) is 6.75. The zero-order valence-electron chi connectivity index (χ0n) is 27.1. The molecule has 48 heavy (non-hydrogen) atoms. The van der Waals surface area contributed by atoms with Gasteiger partial charge < -0.3 is 9.97 Å². The summed E-state index contributed by atoms with van der Waals surface area (Å²) in [4.78, 5) is 9.07. The monoisotopic (exact) mass is 837 g/mol. The van der Waals surface area contributed by atoms with Gasteiger partial charge in [-0.3, -0.25) is 4.39 Å². The Morgan fingerprint density at radius 3 is 2.15 bits per heavy atom. The molecule has 0 spiro atoms. The molecule has 0 aliphatic carbocycles. The molecule has 0 aliphatic rings. The van der Waals surface area contributed by atoms with Crippen molar-refractivity contribution in [1.82, 2.24) is 9.97 Å². The normalized spacial score (nSPS) is 11.3. The minimum absolute atomic E-state index is 0. The Morgan fingerprint density at radius 1 is 0.688 bits per heavy atom. The third-order valence-corrected chi connectivity index (χ3v) is 11.6. The summed E-state index contributed by atoms with van der Waals surface area (Å²) in [7, 11) is -1.27. The molecule has 1 radical (unpaired) electrons. The van der Waals surface area contributed by atoms with Crippen LogP contribution in [0.1, 0.15) is 5.56 Å². The van der Waals surface area contributed by atoms with E-state index < -0.39 is 8.07 Å². The topological polar surface area (TPSA) is 25.8 Å². The van der Waals surface area contributed by atoms with Gasteiger partial charge in [-0.15, -0.1) is 48.0 Å². The quantitative estimate of drug-likeness (QED) is 0.130. The van der Waals surface area contributed by atoms with Crippen molar-refractivity contribution in [2.75, 3.05) is 0 Å². The minimum atomic E-state index is -1.27. The fraction of sp³-hybridized carbons (Fsp3) is 0.0952. The molecule has 0 unspecified atom stereocenters. The average Bonchev–Trinajstić information content (AvgIpc) is 3.47. The molecule has 3 aromatic heterocycles. The predicted molar refractivity (Wildman–Crippen MR) is 201 cm³/mol. The SMILES string of the molecule is Cc1cc(-c2[c-]cccc2)ncc1[Si](C)(C)C.Fc1c(-c2cc3ccccc3cn2)[c-]cc2sc3cc(-c4ccccc4)ccc3c12.[Ir]. The predicted octanol–water partition coefficient (Wildman–Crippen LogP) is 11.3. The molecule has 0 amide bonds. The third kappa shape index (κ3) is 6.80. The molecule has 0 aliphatic heterocycles. The van der Waals surface area contributed by atoms with Crippen molar-refractivity contribution in [3.63, 3.8) is 0 Å². The molecule has 6 heteroatoms. The van der Waals surface area contributed by atoms with Gasteiger partial charge in [0, 0.05) is 43.0 Å². The van der Waals surface area contributed by atoms with Crippen LogP contribution in [-0.4, -0.2) is 18.0 Å². The Labute approximate surface area is 299 Å². The first-order chi connectivity index (χ1) is 22.8. The number of benzene rings is 5. The molecule has 0 fully saturated rings. The molecule has 0 bridgehead atoms. The molecule has 0 N–H and O–H groups in total. The van der Waals surface area contributed by atoms with Crippen LogP contribution in [0.15, 0.2) is 128 Å². The maximum absolute atomic E-state index is 15.7. The fourth-order valence-corrected chi connectivity index (χ4v) is 8.86. The first-order valence-electron chi connectivity index (χ1n) is 15.7. The van der Waals surface area contributed by atoms with Gasteiger partial charge in [0.05, 0.1) is 8.07 Å². The zero-order chi connectivity index (χ0) is 32.5. The van der Waals surface area contributed by atoms with Crippen LogP contribution in [-0.2, 0) is 20.1 Å². The smallest absolute Gasteiger partial charge is 0.0798 e. The number of thiophene rings is 1. The molecule has 5 aromatic carbocycles. The maximum Gasteiger partial charge on any atom is 0.0798 e. The van der Waals surface area contributed by atoms with Gasteiger partial charge in [0.15, 0.2) is 0 Å². The number of fused-ring (bicyclic) bond motifs is 4. The van der Waals surface area contributed by atoms with Gasteiger partial charge in [-0.25, -0.2) is 0 Å². The second kappa shape index (κ2) is 14.0. The first-order valence-corrected chi connectivity index (χ1v) is 20.0. The molecule has 3 heterocycles. The van der Waals surface area contributed by atoms with Crippen LogP contribution in [0, 0.1) is 24.9 Å². The van der Waals surface area contributed by atoms with Crippen LogP contribution >= 0.6 is 11.3 Å². The summed E-state index contributed by atoms with van der Waals surface area (Å²) in [5.74, 6) is -0.256. The van der Waals surface area contributed by atoms with Crippen LogP contribution in [0.2, 0.25) is 19.6 Å². The second-order valence-electron chi connectivity index (χ2n) is 12.7. The molecule has 2 nitrogen and oxygen atoms in total. The van der Waals surface area contributed by atoms with Crippen molar-refractivity contribution in [3.05, 3.63) is 151 Å². The van der Waals surface area contributed by atoms with E-state index in [4.69, 9.17) is 0 Å². The van der Waals surface area contributed by atoms with E-state index in [1.807, 2.05) is 78.9 Å². The van der Waals surface area contributed by atoms with E-state index in [0.29, 0.717) is 16.6 Å². The Balaban J connectivity index is 0.000000191. The van der Waals surface area contributed by atoms with E-state index in [0.717, 1.165) is 47.9 Å². The van der Waals surface area contributed by atoms with Gasteiger partial charge in [-0.2, -0.15) is 11.3 Å². The van der Waals surface area contributed by atoms with Crippen LogP contribution in [0.5, 0.6) is 0 Å². The van der Waals surface area contributed by atoms with Crippen LogP contribution in [0.4, 0.5) is 4.39 Å². The average molecular weight is 837 g/mol. The van der Waals surface area contributed by atoms with E-state index in [2.05, 4.69) is 91.3 Å². The molecule has 0 saturated carbocycles. The van der Waals surface area contributed by atoms with E-state index >= 15 is 4.39 Å². The Kier molecular flexibility index (Phi) is 9.82. The molecular weight excluding hydrogens is 804 g/mol. The van der Waals surface area contributed by atoms with Crippen molar-refractivity contribution >= 4 is 55.5 Å². The molecule has 239 valence electrons. The number of nitrogens with zero attached hydrogens (tertiary/aromatic N) is 2. The summed E-state index contributed by atoms with van der Waals surface area (Å²) >= 11 is 1.60. The number of aromatic nitrogens is 2. The molecule has 8 aromatic rings. The van der Waals surface area contributed by atoms with Crippen molar-refractivity contribution in [2.45, 2.75) is 26.6 Å². The summed E-state index contributed by atoms with van der Waals surface area (Å²) in [6, 6.07) is 44.8. The van der Waals surface area contributed by atoms with Gasteiger partial charge in [-0.1, -0.05) is 110 Å². The van der Waals surface area contributed by atoms with Crippen molar-refractivity contribution in [3.8, 4) is 33.6 Å². The van der Waals surface area contributed by atoms with E-state index in [9.17, 15) is 0 Å². The zero-order valence-corrected chi connectivity index (χ0v) is 31.3. The Morgan fingerprint density at radius 2 is 1.42 bits per heavy atom. The summed E-state index contributed by atoms with van der Waals surface area (Å²) in [6.45, 7) is 9.24. The van der Waals surface area contributed by atoms with Crippen LogP contribution in [0.25, 0.3) is 64.6 Å². The Bertz CT molecular complexity index is 2370.